The molecular weight excluding hydrogens is 592 g/mol. The zero-order valence-corrected chi connectivity index (χ0v) is 27.1. The predicted molar refractivity (Wildman–Crippen MR) is 195 cm³/mol. The lowest BCUT2D eigenvalue weighted by Gasteiger charge is -2.24. The molecule has 0 aliphatic carbocycles. The van der Waals surface area contributed by atoms with E-state index < -0.39 is 6.85 Å². The Kier molecular flexibility index (Phi) is 5.62. The molecule has 48 heavy (non-hydrogen) atoms. The van der Waals surface area contributed by atoms with Gasteiger partial charge in [0, 0.05) is 15.2 Å². The van der Waals surface area contributed by atoms with Crippen LogP contribution >= 0.6 is 0 Å². The van der Waals surface area contributed by atoms with E-state index >= 15 is 0 Å². The summed E-state index contributed by atoms with van der Waals surface area (Å²) in [5.41, 5.74) is 11.3. The van der Waals surface area contributed by atoms with E-state index in [0.717, 1.165) is 33.5 Å². The van der Waals surface area contributed by atoms with Crippen LogP contribution in [0.4, 0.5) is 0 Å². The minimum absolute atomic E-state index is 0.0216. The fourth-order valence-electron chi connectivity index (χ4n) is 7.00. The van der Waals surface area contributed by atoms with Crippen LogP contribution in [0.15, 0.2) is 112 Å². The standard InChI is InChI=1S/C42H34N4O2/c1-23(2)31-20-27(26-12-7-6-8-13-26)21-32(24(3)4)38(31)46-35-17-10-9-16-34(35)44-40(46)30-15-11-14-29-37-36(47-39(29)30)22-33-28-19-18-25(5)43-41(28)48-42(33)45-37/h6-24H,1-5H3/i5D3. The first-order valence-electron chi connectivity index (χ1n) is 17.8. The Balaban J connectivity index is 1.31. The first-order valence-corrected chi connectivity index (χ1v) is 16.3. The number of imidazole rings is 1. The summed E-state index contributed by atoms with van der Waals surface area (Å²) in [5.74, 6) is 1.25. The highest BCUT2D eigenvalue weighted by atomic mass is 16.4. The van der Waals surface area contributed by atoms with E-state index in [0.29, 0.717) is 33.2 Å². The Morgan fingerprint density at radius 1 is 0.646 bits per heavy atom. The van der Waals surface area contributed by atoms with Gasteiger partial charge in [0.25, 0.3) is 0 Å². The molecule has 6 heteroatoms. The molecular formula is C42H34N4O2. The van der Waals surface area contributed by atoms with Gasteiger partial charge in [0.1, 0.15) is 16.9 Å². The summed E-state index contributed by atoms with van der Waals surface area (Å²) in [6.45, 7) is 6.66. The van der Waals surface area contributed by atoms with Crippen molar-refractivity contribution in [3.63, 3.8) is 0 Å². The van der Waals surface area contributed by atoms with Gasteiger partial charge >= 0.3 is 0 Å². The highest BCUT2D eigenvalue weighted by Gasteiger charge is 2.26. The molecule has 0 saturated heterocycles. The molecule has 0 aliphatic rings. The van der Waals surface area contributed by atoms with Crippen LogP contribution < -0.4 is 0 Å². The minimum Gasteiger partial charge on any atom is -0.454 e. The van der Waals surface area contributed by atoms with Crippen LogP contribution in [0.5, 0.6) is 0 Å². The minimum atomic E-state index is -2.34. The number of aryl methyl sites for hydroxylation is 1. The molecule has 0 saturated carbocycles. The molecule has 9 rings (SSSR count). The summed E-state index contributed by atoms with van der Waals surface area (Å²) >= 11 is 0. The van der Waals surface area contributed by atoms with Crippen molar-refractivity contribution in [2.75, 3.05) is 0 Å². The van der Waals surface area contributed by atoms with E-state index in [9.17, 15) is 0 Å². The molecule has 9 aromatic rings. The van der Waals surface area contributed by atoms with E-state index in [1.807, 2.05) is 24.3 Å². The van der Waals surface area contributed by atoms with Crippen LogP contribution in [0.3, 0.4) is 0 Å². The van der Waals surface area contributed by atoms with Gasteiger partial charge in [-0.05, 0) is 95.5 Å². The molecule has 0 atom stereocenters. The van der Waals surface area contributed by atoms with Crippen molar-refractivity contribution in [2.24, 2.45) is 0 Å². The van der Waals surface area contributed by atoms with Crippen LogP contribution in [0.25, 0.3) is 83.5 Å². The summed E-state index contributed by atoms with van der Waals surface area (Å²) in [6.07, 6.45) is 0. The molecule has 5 heterocycles. The van der Waals surface area contributed by atoms with E-state index in [-0.39, 0.29) is 23.2 Å². The summed E-state index contributed by atoms with van der Waals surface area (Å²) in [6, 6.07) is 34.7. The highest BCUT2D eigenvalue weighted by molar-refractivity contribution is 6.13. The molecule has 234 valence electrons. The number of rotatable bonds is 5. The number of aromatic nitrogens is 4. The molecule has 0 aliphatic heterocycles. The lowest BCUT2D eigenvalue weighted by molar-refractivity contribution is 0.638. The van der Waals surface area contributed by atoms with E-state index in [1.54, 1.807) is 6.07 Å². The summed E-state index contributed by atoms with van der Waals surface area (Å²) in [7, 11) is 0. The number of nitrogens with zero attached hydrogens (tertiary/aromatic N) is 4. The van der Waals surface area contributed by atoms with Crippen molar-refractivity contribution in [1.82, 2.24) is 19.5 Å². The number of furan rings is 2. The maximum absolute atomic E-state index is 7.76. The van der Waals surface area contributed by atoms with Gasteiger partial charge in [-0.25, -0.2) is 15.0 Å². The average molecular weight is 630 g/mol. The first kappa shape index (κ1) is 25.4. The fraction of sp³-hybridized carbons (Fsp3) is 0.167. The number of hydrogen-bond donors (Lipinski definition) is 0. The average Bonchev–Trinajstić information content (AvgIpc) is 3.80. The van der Waals surface area contributed by atoms with Crippen molar-refractivity contribution in [2.45, 2.75) is 46.4 Å². The van der Waals surface area contributed by atoms with Crippen molar-refractivity contribution < 1.29 is 12.9 Å². The Bertz CT molecular complexity index is 2780. The van der Waals surface area contributed by atoms with Gasteiger partial charge in [0.15, 0.2) is 5.58 Å². The maximum atomic E-state index is 7.76. The van der Waals surface area contributed by atoms with Crippen molar-refractivity contribution >= 4 is 55.3 Å². The summed E-state index contributed by atoms with van der Waals surface area (Å²) in [5, 5.41) is 2.21. The molecule has 4 aromatic carbocycles. The third-order valence-electron chi connectivity index (χ3n) is 9.32. The van der Waals surface area contributed by atoms with Gasteiger partial charge < -0.3 is 8.83 Å². The van der Waals surface area contributed by atoms with Gasteiger partial charge in [0.2, 0.25) is 11.4 Å². The Morgan fingerprint density at radius 3 is 2.17 bits per heavy atom. The molecule has 0 amide bonds. The summed E-state index contributed by atoms with van der Waals surface area (Å²) in [4.78, 5) is 14.5. The molecule has 0 N–H and O–H groups in total. The molecule has 0 unspecified atom stereocenters. The molecule has 0 radical (unpaired) electrons. The summed E-state index contributed by atoms with van der Waals surface area (Å²) < 4.78 is 38.3. The molecule has 0 fully saturated rings. The maximum Gasteiger partial charge on any atom is 0.230 e. The van der Waals surface area contributed by atoms with Gasteiger partial charge in [-0.3, -0.25) is 4.57 Å². The van der Waals surface area contributed by atoms with Gasteiger partial charge in [0.05, 0.1) is 33.1 Å². The monoisotopic (exact) mass is 629 g/mol. The van der Waals surface area contributed by atoms with Gasteiger partial charge in [-0.2, -0.15) is 0 Å². The number of hydrogen-bond acceptors (Lipinski definition) is 5. The third-order valence-corrected chi connectivity index (χ3v) is 9.32. The van der Waals surface area contributed by atoms with Crippen LogP contribution in [0.2, 0.25) is 0 Å². The molecule has 0 bridgehead atoms. The number of pyridine rings is 2. The van der Waals surface area contributed by atoms with Crippen molar-refractivity contribution in [3.05, 3.63) is 120 Å². The Labute approximate surface area is 281 Å². The van der Waals surface area contributed by atoms with Crippen molar-refractivity contribution in [3.8, 4) is 28.2 Å². The van der Waals surface area contributed by atoms with E-state index in [2.05, 4.69) is 104 Å². The lowest BCUT2D eigenvalue weighted by atomic mass is 9.88. The van der Waals surface area contributed by atoms with E-state index in [1.165, 1.54) is 28.3 Å². The van der Waals surface area contributed by atoms with Gasteiger partial charge in [-0.1, -0.05) is 76.2 Å². The van der Waals surface area contributed by atoms with Crippen LogP contribution in [0, 0.1) is 6.85 Å². The second-order valence-corrected chi connectivity index (χ2v) is 13.1. The second kappa shape index (κ2) is 10.6. The normalized spacial score (nSPS) is 13.4. The molecule has 0 spiro atoms. The number of fused-ring (bicyclic) bond motifs is 7. The molecule has 5 aromatic heterocycles. The SMILES string of the molecule is [2H]C([2H])([2H])c1ccc2c(n1)oc1nc3c(cc12)oc1c(-c2nc4ccccc4n2-c2c(C(C)C)cc(-c4ccccc4)cc2C(C)C)cccc13. The number of benzene rings is 4. The zero-order chi connectivity index (χ0) is 35.2. The quantitative estimate of drug-likeness (QED) is 0.189. The second-order valence-electron chi connectivity index (χ2n) is 13.1. The topological polar surface area (TPSA) is 69.9 Å². The van der Waals surface area contributed by atoms with Crippen LogP contribution in [0.1, 0.15) is 60.5 Å². The lowest BCUT2D eigenvalue weighted by Crippen LogP contribution is -2.09. The Morgan fingerprint density at radius 2 is 1.40 bits per heavy atom. The predicted octanol–water partition coefficient (Wildman–Crippen LogP) is 11.5. The highest BCUT2D eigenvalue weighted by Crippen LogP contribution is 2.43. The van der Waals surface area contributed by atoms with Crippen molar-refractivity contribution in [1.29, 1.82) is 0 Å². The van der Waals surface area contributed by atoms with E-state index in [4.69, 9.17) is 22.9 Å². The van der Waals surface area contributed by atoms with Gasteiger partial charge in [-0.15, -0.1) is 0 Å². The molecule has 6 nitrogen and oxygen atoms in total. The first-order chi connectivity index (χ1) is 24.6. The number of para-hydroxylation sites is 3. The smallest absolute Gasteiger partial charge is 0.230 e. The largest absolute Gasteiger partial charge is 0.454 e. The third kappa shape index (κ3) is 4.29. The Hall–Kier alpha value is -5.75. The fourth-order valence-corrected chi connectivity index (χ4v) is 7.00. The van der Waals surface area contributed by atoms with Crippen LogP contribution in [-0.2, 0) is 0 Å². The van der Waals surface area contributed by atoms with Crippen LogP contribution in [-0.4, -0.2) is 19.5 Å². The zero-order valence-electron chi connectivity index (χ0n) is 30.1.